The van der Waals surface area contributed by atoms with Crippen LogP contribution in [0.2, 0.25) is 0 Å². The molecule has 7 heteroatoms. The minimum absolute atomic E-state index is 0.479. The van der Waals surface area contributed by atoms with E-state index >= 15 is 0 Å². The first-order valence-electron chi connectivity index (χ1n) is 10.0. The van der Waals surface area contributed by atoms with Crippen LogP contribution in [0.3, 0.4) is 0 Å². The zero-order chi connectivity index (χ0) is 21.9. The first-order valence-corrected chi connectivity index (χ1v) is 10.0. The Bertz CT molecular complexity index is 812. The van der Waals surface area contributed by atoms with Crippen LogP contribution in [-0.2, 0) is 19.6 Å². The molecular formula is C23H34N4O3. The normalized spacial score (nSPS) is 11.4. The Morgan fingerprint density at radius 1 is 0.900 bits per heavy atom. The molecule has 0 unspecified atom stereocenters. The van der Waals surface area contributed by atoms with Gasteiger partial charge in [0.1, 0.15) is 0 Å². The minimum atomic E-state index is 0.479. The maximum absolute atomic E-state index is 5.43. The van der Waals surface area contributed by atoms with Crippen molar-refractivity contribution < 1.29 is 14.2 Å². The zero-order valence-electron chi connectivity index (χ0n) is 18.9. The number of nitrogens with one attached hydrogen (secondary N) is 2. The summed E-state index contributed by atoms with van der Waals surface area (Å²) in [6, 6.07) is 12.4. The smallest absolute Gasteiger partial charge is 0.203 e. The van der Waals surface area contributed by atoms with Gasteiger partial charge < -0.3 is 29.7 Å². The summed E-state index contributed by atoms with van der Waals surface area (Å²) in [6.45, 7) is 4.92. The standard InChI is InChI=1S/C23H34N4O3/c1-7-24-23(25-14-17-9-8-10-18(11-17)16-27(2)3)26-15-19-12-20(28-4)22(30-6)21(13-19)29-5/h8-13H,7,14-16H2,1-6H3,(H2,24,25,26). The summed E-state index contributed by atoms with van der Waals surface area (Å²) in [5.41, 5.74) is 3.47. The Kier molecular flexibility index (Phi) is 9.28. The minimum Gasteiger partial charge on any atom is -0.493 e. The van der Waals surface area contributed by atoms with Gasteiger partial charge in [0.2, 0.25) is 5.75 Å². The average Bonchev–Trinajstić information content (AvgIpc) is 2.74. The number of methoxy groups -OCH3 is 3. The molecule has 0 atom stereocenters. The molecule has 0 aliphatic rings. The lowest BCUT2D eigenvalue weighted by Crippen LogP contribution is -2.36. The van der Waals surface area contributed by atoms with E-state index in [0.29, 0.717) is 30.3 Å². The highest BCUT2D eigenvalue weighted by Crippen LogP contribution is 2.38. The second kappa shape index (κ2) is 11.9. The van der Waals surface area contributed by atoms with Crippen LogP contribution >= 0.6 is 0 Å². The Morgan fingerprint density at radius 3 is 2.13 bits per heavy atom. The molecule has 0 amide bonds. The number of aliphatic imine (C=N–C) groups is 1. The van der Waals surface area contributed by atoms with Crippen molar-refractivity contribution >= 4 is 5.96 Å². The maximum Gasteiger partial charge on any atom is 0.203 e. The van der Waals surface area contributed by atoms with Crippen molar-refractivity contribution in [3.63, 3.8) is 0 Å². The highest BCUT2D eigenvalue weighted by molar-refractivity contribution is 5.79. The summed E-state index contributed by atoms with van der Waals surface area (Å²) >= 11 is 0. The Labute approximate surface area is 180 Å². The molecule has 0 heterocycles. The molecule has 0 fully saturated rings. The van der Waals surface area contributed by atoms with Gasteiger partial charge in [-0.1, -0.05) is 24.3 Å². The Balaban J connectivity index is 2.11. The van der Waals surface area contributed by atoms with Crippen LogP contribution in [0.5, 0.6) is 17.2 Å². The average molecular weight is 415 g/mol. The van der Waals surface area contributed by atoms with Crippen LogP contribution in [0, 0.1) is 0 Å². The fourth-order valence-electron chi connectivity index (χ4n) is 3.13. The Morgan fingerprint density at radius 2 is 1.57 bits per heavy atom. The van der Waals surface area contributed by atoms with E-state index in [4.69, 9.17) is 19.2 Å². The van der Waals surface area contributed by atoms with E-state index < -0.39 is 0 Å². The van der Waals surface area contributed by atoms with Crippen molar-refractivity contribution in [3.8, 4) is 17.2 Å². The molecule has 0 aliphatic carbocycles. The van der Waals surface area contributed by atoms with Gasteiger partial charge in [-0.2, -0.15) is 0 Å². The second-order valence-corrected chi connectivity index (χ2v) is 7.14. The van der Waals surface area contributed by atoms with Gasteiger partial charge in [0.05, 0.1) is 27.9 Å². The number of nitrogens with zero attached hydrogens (tertiary/aromatic N) is 2. The summed E-state index contributed by atoms with van der Waals surface area (Å²) in [7, 11) is 8.97. The fraction of sp³-hybridized carbons (Fsp3) is 0.435. The summed E-state index contributed by atoms with van der Waals surface area (Å²) in [6.07, 6.45) is 0. The van der Waals surface area contributed by atoms with E-state index in [1.807, 2.05) is 19.1 Å². The third kappa shape index (κ3) is 6.84. The van der Waals surface area contributed by atoms with E-state index in [-0.39, 0.29) is 0 Å². The van der Waals surface area contributed by atoms with E-state index in [9.17, 15) is 0 Å². The molecule has 0 radical (unpaired) electrons. The van der Waals surface area contributed by atoms with Crippen molar-refractivity contribution in [1.29, 1.82) is 0 Å². The van der Waals surface area contributed by atoms with E-state index in [2.05, 4.69) is 53.9 Å². The molecule has 0 saturated carbocycles. The lowest BCUT2D eigenvalue weighted by Gasteiger charge is -2.15. The van der Waals surface area contributed by atoms with Crippen molar-refractivity contribution in [2.24, 2.45) is 4.99 Å². The number of ether oxygens (including phenoxy) is 3. The SMILES string of the molecule is CCNC(=NCc1cc(OC)c(OC)c(OC)c1)NCc1cccc(CN(C)C)c1. The molecule has 0 saturated heterocycles. The largest absolute Gasteiger partial charge is 0.493 e. The summed E-state index contributed by atoms with van der Waals surface area (Å²) in [4.78, 5) is 6.87. The summed E-state index contributed by atoms with van der Waals surface area (Å²) in [5.74, 6) is 2.58. The van der Waals surface area contributed by atoms with Crippen LogP contribution in [0.15, 0.2) is 41.4 Å². The van der Waals surface area contributed by atoms with Gasteiger partial charge in [-0.25, -0.2) is 4.99 Å². The van der Waals surface area contributed by atoms with Crippen LogP contribution in [0.25, 0.3) is 0 Å². The van der Waals surface area contributed by atoms with Gasteiger partial charge >= 0.3 is 0 Å². The van der Waals surface area contributed by atoms with Crippen LogP contribution in [-0.4, -0.2) is 52.8 Å². The Hall–Kier alpha value is -2.93. The molecule has 2 rings (SSSR count). The van der Waals surface area contributed by atoms with Gasteiger partial charge in [0.15, 0.2) is 17.5 Å². The van der Waals surface area contributed by atoms with Gasteiger partial charge in [-0.05, 0) is 49.8 Å². The quantitative estimate of drug-likeness (QED) is 0.460. The van der Waals surface area contributed by atoms with E-state index in [0.717, 1.165) is 24.6 Å². The lowest BCUT2D eigenvalue weighted by atomic mass is 10.1. The molecule has 7 nitrogen and oxygen atoms in total. The first kappa shape index (κ1) is 23.3. The molecule has 0 aliphatic heterocycles. The molecule has 0 aromatic heterocycles. The maximum atomic E-state index is 5.43. The topological polar surface area (TPSA) is 67.4 Å². The molecule has 30 heavy (non-hydrogen) atoms. The van der Waals surface area contributed by atoms with Gasteiger partial charge in [0.25, 0.3) is 0 Å². The number of hydrogen-bond acceptors (Lipinski definition) is 5. The van der Waals surface area contributed by atoms with Crippen LogP contribution in [0.1, 0.15) is 23.6 Å². The molecule has 0 spiro atoms. The van der Waals surface area contributed by atoms with Crippen molar-refractivity contribution in [2.75, 3.05) is 42.0 Å². The van der Waals surface area contributed by atoms with Crippen molar-refractivity contribution in [3.05, 3.63) is 53.1 Å². The van der Waals surface area contributed by atoms with Crippen molar-refractivity contribution in [2.45, 2.75) is 26.6 Å². The first-order chi connectivity index (χ1) is 14.5. The monoisotopic (exact) mass is 414 g/mol. The predicted octanol–water partition coefficient (Wildman–Crippen LogP) is 3.03. The number of guanidine groups is 1. The number of hydrogen-bond donors (Lipinski definition) is 2. The highest BCUT2D eigenvalue weighted by atomic mass is 16.5. The number of rotatable bonds is 10. The number of benzene rings is 2. The molecule has 0 bridgehead atoms. The summed E-state index contributed by atoms with van der Waals surface area (Å²) in [5, 5.41) is 6.70. The predicted molar refractivity (Wildman–Crippen MR) is 122 cm³/mol. The molecular weight excluding hydrogens is 380 g/mol. The third-order valence-corrected chi connectivity index (χ3v) is 4.44. The van der Waals surface area contributed by atoms with Gasteiger partial charge in [-0.15, -0.1) is 0 Å². The van der Waals surface area contributed by atoms with Crippen molar-refractivity contribution in [1.82, 2.24) is 15.5 Å². The van der Waals surface area contributed by atoms with Gasteiger partial charge in [0, 0.05) is 19.6 Å². The van der Waals surface area contributed by atoms with Crippen LogP contribution in [0.4, 0.5) is 0 Å². The molecule has 2 aromatic rings. The fourth-order valence-corrected chi connectivity index (χ4v) is 3.13. The van der Waals surface area contributed by atoms with E-state index in [1.54, 1.807) is 21.3 Å². The van der Waals surface area contributed by atoms with E-state index in [1.165, 1.54) is 11.1 Å². The zero-order valence-corrected chi connectivity index (χ0v) is 18.9. The molecule has 2 aromatic carbocycles. The molecule has 2 N–H and O–H groups in total. The second-order valence-electron chi connectivity index (χ2n) is 7.14. The highest BCUT2D eigenvalue weighted by Gasteiger charge is 2.13. The lowest BCUT2D eigenvalue weighted by molar-refractivity contribution is 0.324. The molecule has 164 valence electrons. The third-order valence-electron chi connectivity index (χ3n) is 4.44. The van der Waals surface area contributed by atoms with Crippen LogP contribution < -0.4 is 24.8 Å². The summed E-state index contributed by atoms with van der Waals surface area (Å²) < 4.78 is 16.2. The van der Waals surface area contributed by atoms with Gasteiger partial charge in [-0.3, -0.25) is 0 Å².